The number of Topliss-reactive ketones (excluding diaryl/α,β-unsaturated/α-hetero) is 1. The van der Waals surface area contributed by atoms with Crippen molar-refractivity contribution in [2.24, 2.45) is 0 Å². The fourth-order valence-electron chi connectivity index (χ4n) is 3.15. The van der Waals surface area contributed by atoms with Gasteiger partial charge >= 0.3 is 0 Å². The fraction of sp³-hybridized carbons (Fsp3) is 0.316. The van der Waals surface area contributed by atoms with Crippen molar-refractivity contribution in [2.75, 3.05) is 31.1 Å². The lowest BCUT2D eigenvalue weighted by Crippen LogP contribution is -2.48. The number of piperazine rings is 1. The van der Waals surface area contributed by atoms with Crippen molar-refractivity contribution < 1.29 is 13.2 Å². The molecular weight excluding hydrogens is 372 g/mol. The van der Waals surface area contributed by atoms with Gasteiger partial charge in [-0.3, -0.25) is 4.79 Å². The first-order chi connectivity index (χ1) is 12.3. The molecule has 138 valence electrons. The van der Waals surface area contributed by atoms with Gasteiger partial charge in [-0.2, -0.15) is 4.31 Å². The summed E-state index contributed by atoms with van der Waals surface area (Å²) in [5.74, 6) is -0.0825. The van der Waals surface area contributed by atoms with Crippen LogP contribution in [0, 0.1) is 6.92 Å². The van der Waals surface area contributed by atoms with Gasteiger partial charge in [0.2, 0.25) is 10.0 Å². The third-order valence-electron chi connectivity index (χ3n) is 4.64. The monoisotopic (exact) mass is 392 g/mol. The Labute approximate surface area is 159 Å². The number of carbonyl (C=O) groups is 1. The Hall–Kier alpha value is -1.89. The van der Waals surface area contributed by atoms with Crippen molar-refractivity contribution >= 4 is 33.1 Å². The molecule has 0 aromatic heterocycles. The highest BCUT2D eigenvalue weighted by Crippen LogP contribution is 2.26. The highest BCUT2D eigenvalue weighted by Gasteiger charge is 2.29. The summed E-state index contributed by atoms with van der Waals surface area (Å²) in [4.78, 5) is 13.8. The number of aryl methyl sites for hydroxylation is 1. The van der Waals surface area contributed by atoms with E-state index in [0.29, 0.717) is 36.8 Å². The van der Waals surface area contributed by atoms with Gasteiger partial charge in [0.1, 0.15) is 0 Å². The van der Waals surface area contributed by atoms with E-state index in [1.807, 2.05) is 25.1 Å². The predicted molar refractivity (Wildman–Crippen MR) is 104 cm³/mol. The summed E-state index contributed by atoms with van der Waals surface area (Å²) in [7, 11) is -3.55. The van der Waals surface area contributed by atoms with Crippen LogP contribution in [0.25, 0.3) is 0 Å². The molecule has 0 aliphatic carbocycles. The first-order valence-corrected chi connectivity index (χ1v) is 10.2. The molecule has 7 heteroatoms. The molecule has 0 spiro atoms. The molecule has 3 rings (SSSR count). The van der Waals surface area contributed by atoms with Gasteiger partial charge in [-0.25, -0.2) is 8.42 Å². The zero-order valence-electron chi connectivity index (χ0n) is 14.8. The molecular formula is C19H21ClN2O3S. The number of ketones is 1. The minimum atomic E-state index is -3.55. The van der Waals surface area contributed by atoms with Crippen molar-refractivity contribution in [3.05, 3.63) is 58.6 Å². The van der Waals surface area contributed by atoms with E-state index >= 15 is 0 Å². The molecule has 0 amide bonds. The van der Waals surface area contributed by atoms with Gasteiger partial charge in [0.15, 0.2) is 5.78 Å². The molecule has 1 saturated heterocycles. The van der Waals surface area contributed by atoms with Gasteiger partial charge in [0.25, 0.3) is 0 Å². The molecule has 0 radical (unpaired) electrons. The molecule has 1 aliphatic rings. The topological polar surface area (TPSA) is 57.7 Å². The molecule has 2 aromatic rings. The quantitative estimate of drug-likeness (QED) is 0.748. The molecule has 0 saturated carbocycles. The lowest BCUT2D eigenvalue weighted by Gasteiger charge is -2.36. The van der Waals surface area contributed by atoms with Crippen molar-refractivity contribution in [3.63, 3.8) is 0 Å². The molecule has 0 unspecified atom stereocenters. The second kappa shape index (κ2) is 7.39. The Bertz CT molecular complexity index is 918. The van der Waals surface area contributed by atoms with Crippen LogP contribution in [0.15, 0.2) is 47.4 Å². The third kappa shape index (κ3) is 3.77. The van der Waals surface area contributed by atoms with Crippen LogP contribution >= 0.6 is 11.6 Å². The van der Waals surface area contributed by atoms with Gasteiger partial charge in [-0.05, 0) is 49.7 Å². The Morgan fingerprint density at radius 3 is 2.15 bits per heavy atom. The second-order valence-corrected chi connectivity index (χ2v) is 8.78. The molecule has 1 heterocycles. The predicted octanol–water partition coefficient (Wildman–Crippen LogP) is 3.36. The number of sulfonamides is 1. The summed E-state index contributed by atoms with van der Waals surface area (Å²) in [5, 5.41) is 0.696. The van der Waals surface area contributed by atoms with Gasteiger partial charge in [0, 0.05) is 42.5 Å². The number of hydrogen-bond acceptors (Lipinski definition) is 4. The van der Waals surface area contributed by atoms with Crippen LogP contribution < -0.4 is 4.90 Å². The summed E-state index contributed by atoms with van der Waals surface area (Å²) in [5.41, 5.74) is 2.66. The van der Waals surface area contributed by atoms with E-state index in [1.165, 1.54) is 23.4 Å². The normalized spacial score (nSPS) is 15.9. The molecule has 26 heavy (non-hydrogen) atoms. The minimum absolute atomic E-state index is 0.0825. The van der Waals surface area contributed by atoms with E-state index in [2.05, 4.69) is 4.90 Å². The first-order valence-electron chi connectivity index (χ1n) is 8.41. The standard InChI is InChI=1S/C19H21ClN2O3S/c1-14-13-17(20)5-8-19(14)21-9-11-22(12-10-21)26(24,25)18-6-3-16(4-7-18)15(2)23/h3-8,13H,9-12H2,1-2H3. The Morgan fingerprint density at radius 1 is 1.00 bits per heavy atom. The summed E-state index contributed by atoms with van der Waals surface area (Å²) >= 11 is 6.01. The lowest BCUT2D eigenvalue weighted by molar-refractivity contribution is 0.101. The van der Waals surface area contributed by atoms with Crippen LogP contribution in [0.5, 0.6) is 0 Å². The van der Waals surface area contributed by atoms with Gasteiger partial charge in [-0.1, -0.05) is 23.7 Å². The largest absolute Gasteiger partial charge is 0.369 e. The van der Waals surface area contributed by atoms with Gasteiger partial charge in [0.05, 0.1) is 4.90 Å². The highest BCUT2D eigenvalue weighted by molar-refractivity contribution is 7.89. The summed E-state index contributed by atoms with van der Waals surface area (Å²) < 4.78 is 27.2. The molecule has 0 atom stereocenters. The average Bonchev–Trinajstić information content (AvgIpc) is 2.62. The number of hydrogen-bond donors (Lipinski definition) is 0. The van der Waals surface area contributed by atoms with Crippen molar-refractivity contribution in [1.82, 2.24) is 4.31 Å². The van der Waals surface area contributed by atoms with Crippen molar-refractivity contribution in [3.8, 4) is 0 Å². The minimum Gasteiger partial charge on any atom is -0.369 e. The number of carbonyl (C=O) groups excluding carboxylic acids is 1. The third-order valence-corrected chi connectivity index (χ3v) is 6.78. The van der Waals surface area contributed by atoms with Crippen molar-refractivity contribution in [1.29, 1.82) is 0 Å². The summed E-state index contributed by atoms with van der Waals surface area (Å²) in [6.45, 7) is 5.53. The van der Waals surface area contributed by atoms with E-state index in [4.69, 9.17) is 11.6 Å². The zero-order valence-corrected chi connectivity index (χ0v) is 16.3. The Morgan fingerprint density at radius 2 is 1.62 bits per heavy atom. The van der Waals surface area contributed by atoms with Crippen LogP contribution in [0.1, 0.15) is 22.8 Å². The van der Waals surface area contributed by atoms with Crippen LogP contribution in [0.4, 0.5) is 5.69 Å². The number of anilines is 1. The maximum Gasteiger partial charge on any atom is 0.243 e. The van der Waals surface area contributed by atoms with Gasteiger partial charge in [-0.15, -0.1) is 0 Å². The molecule has 0 bridgehead atoms. The molecule has 2 aromatic carbocycles. The lowest BCUT2D eigenvalue weighted by atomic mass is 10.1. The molecule has 5 nitrogen and oxygen atoms in total. The SMILES string of the molecule is CC(=O)c1ccc(S(=O)(=O)N2CCN(c3ccc(Cl)cc3C)CC2)cc1. The summed E-state index contributed by atoms with van der Waals surface area (Å²) in [6, 6.07) is 11.9. The number of halogens is 1. The van der Waals surface area contributed by atoms with Crippen LogP contribution in [0.3, 0.4) is 0 Å². The maximum atomic E-state index is 12.8. The first kappa shape index (κ1) is 18.9. The zero-order chi connectivity index (χ0) is 18.9. The van der Waals surface area contributed by atoms with Crippen LogP contribution in [-0.2, 0) is 10.0 Å². The summed E-state index contributed by atoms with van der Waals surface area (Å²) in [6.07, 6.45) is 0. The maximum absolute atomic E-state index is 12.8. The van der Waals surface area contributed by atoms with Crippen LogP contribution in [-0.4, -0.2) is 44.7 Å². The highest BCUT2D eigenvalue weighted by atomic mass is 35.5. The van der Waals surface area contributed by atoms with E-state index in [9.17, 15) is 13.2 Å². The van der Waals surface area contributed by atoms with Crippen molar-refractivity contribution in [2.45, 2.75) is 18.7 Å². The number of rotatable bonds is 4. The fourth-order valence-corrected chi connectivity index (χ4v) is 4.80. The number of nitrogens with zero attached hydrogens (tertiary/aromatic N) is 2. The number of benzene rings is 2. The van der Waals surface area contributed by atoms with E-state index in [1.54, 1.807) is 12.1 Å². The molecule has 1 aliphatic heterocycles. The van der Waals surface area contributed by atoms with E-state index in [0.717, 1.165) is 11.3 Å². The molecule has 1 fully saturated rings. The molecule has 0 N–H and O–H groups in total. The van der Waals surface area contributed by atoms with Gasteiger partial charge < -0.3 is 4.90 Å². The van der Waals surface area contributed by atoms with E-state index < -0.39 is 10.0 Å². The smallest absolute Gasteiger partial charge is 0.243 e. The van der Waals surface area contributed by atoms with Crippen LogP contribution in [0.2, 0.25) is 5.02 Å². The van der Waals surface area contributed by atoms with E-state index in [-0.39, 0.29) is 10.7 Å². The Balaban J connectivity index is 1.73. The Kier molecular flexibility index (Phi) is 5.37. The average molecular weight is 393 g/mol. The second-order valence-electron chi connectivity index (χ2n) is 6.40.